The SMILES string of the molecule is COc1cc(C(C)=O)ccc1OCC(O)CSc1nc(C)nc2sc(C)c(C)c12. The highest BCUT2D eigenvalue weighted by Gasteiger charge is 2.16. The summed E-state index contributed by atoms with van der Waals surface area (Å²) in [4.78, 5) is 22.8. The Morgan fingerprint density at radius 2 is 2.00 bits per heavy atom. The lowest BCUT2D eigenvalue weighted by Crippen LogP contribution is -2.20. The van der Waals surface area contributed by atoms with Crippen molar-refractivity contribution in [3.8, 4) is 11.5 Å². The molecule has 0 radical (unpaired) electrons. The summed E-state index contributed by atoms with van der Waals surface area (Å²) in [5, 5.41) is 12.4. The van der Waals surface area contributed by atoms with Crippen LogP contribution in [-0.2, 0) is 0 Å². The molecule has 3 aromatic rings. The molecule has 0 amide bonds. The van der Waals surface area contributed by atoms with Crippen molar-refractivity contribution >= 4 is 39.1 Å². The molecule has 29 heavy (non-hydrogen) atoms. The lowest BCUT2D eigenvalue weighted by atomic mass is 10.1. The number of ether oxygens (including phenoxy) is 2. The summed E-state index contributed by atoms with van der Waals surface area (Å²) in [7, 11) is 1.52. The van der Waals surface area contributed by atoms with Crippen LogP contribution in [0, 0.1) is 20.8 Å². The molecule has 0 fully saturated rings. The van der Waals surface area contributed by atoms with Crippen molar-refractivity contribution in [2.24, 2.45) is 0 Å². The molecule has 0 spiro atoms. The highest BCUT2D eigenvalue weighted by atomic mass is 32.2. The molecule has 2 aromatic heterocycles. The van der Waals surface area contributed by atoms with Gasteiger partial charge in [0.05, 0.1) is 13.2 Å². The first-order valence-electron chi connectivity index (χ1n) is 9.17. The third-order valence-corrected chi connectivity index (χ3v) is 6.74. The minimum Gasteiger partial charge on any atom is -0.493 e. The molecule has 0 aliphatic carbocycles. The van der Waals surface area contributed by atoms with E-state index in [9.17, 15) is 9.90 Å². The van der Waals surface area contributed by atoms with Crippen LogP contribution in [0.15, 0.2) is 23.2 Å². The van der Waals surface area contributed by atoms with E-state index in [2.05, 4.69) is 23.8 Å². The number of aromatic nitrogens is 2. The zero-order chi connectivity index (χ0) is 21.1. The monoisotopic (exact) mass is 432 g/mol. The normalized spacial score (nSPS) is 12.2. The molecule has 1 aromatic carbocycles. The van der Waals surface area contributed by atoms with Gasteiger partial charge in [-0.3, -0.25) is 4.79 Å². The molecule has 8 heteroatoms. The number of fused-ring (bicyclic) bond motifs is 1. The zero-order valence-corrected chi connectivity index (χ0v) is 18.7. The van der Waals surface area contributed by atoms with E-state index < -0.39 is 6.10 Å². The summed E-state index contributed by atoms with van der Waals surface area (Å²) < 4.78 is 11.0. The number of aliphatic hydroxyl groups is 1. The first kappa shape index (κ1) is 21.5. The minimum absolute atomic E-state index is 0.0447. The third kappa shape index (κ3) is 4.88. The van der Waals surface area contributed by atoms with Gasteiger partial charge in [-0.1, -0.05) is 0 Å². The van der Waals surface area contributed by atoms with Gasteiger partial charge in [-0.05, 0) is 51.5 Å². The molecular weight excluding hydrogens is 408 g/mol. The van der Waals surface area contributed by atoms with Gasteiger partial charge in [-0.2, -0.15) is 0 Å². The Morgan fingerprint density at radius 3 is 2.69 bits per heavy atom. The molecular formula is C21H24N2O4S2. The van der Waals surface area contributed by atoms with Crippen molar-refractivity contribution in [2.45, 2.75) is 38.8 Å². The quantitative estimate of drug-likeness (QED) is 0.322. The molecule has 0 aliphatic rings. The topological polar surface area (TPSA) is 81.5 Å². The summed E-state index contributed by atoms with van der Waals surface area (Å²) in [6.07, 6.45) is -0.692. The number of carbonyl (C=O) groups is 1. The Hall–Kier alpha value is -2.16. The minimum atomic E-state index is -0.692. The van der Waals surface area contributed by atoms with Crippen LogP contribution in [0.25, 0.3) is 10.2 Å². The van der Waals surface area contributed by atoms with Gasteiger partial charge in [0.25, 0.3) is 0 Å². The number of aryl methyl sites for hydroxylation is 3. The Bertz CT molecular complexity index is 1050. The number of hydrogen-bond donors (Lipinski definition) is 1. The lowest BCUT2D eigenvalue weighted by Gasteiger charge is -2.15. The molecule has 1 unspecified atom stereocenters. The number of carbonyl (C=O) groups excluding carboxylic acids is 1. The fraction of sp³-hybridized carbons (Fsp3) is 0.381. The fourth-order valence-corrected chi connectivity index (χ4v) is 5.01. The molecule has 3 rings (SSSR count). The summed E-state index contributed by atoms with van der Waals surface area (Å²) in [6.45, 7) is 7.65. The van der Waals surface area contributed by atoms with Gasteiger partial charge in [0.15, 0.2) is 17.3 Å². The Kier molecular flexibility index (Phi) is 6.77. The second-order valence-electron chi connectivity index (χ2n) is 6.74. The number of benzene rings is 1. The van der Waals surface area contributed by atoms with Crippen molar-refractivity contribution in [1.29, 1.82) is 0 Å². The average molecular weight is 433 g/mol. The predicted molar refractivity (Wildman–Crippen MR) is 117 cm³/mol. The van der Waals surface area contributed by atoms with Crippen LogP contribution in [0.2, 0.25) is 0 Å². The van der Waals surface area contributed by atoms with Crippen LogP contribution in [0.4, 0.5) is 0 Å². The van der Waals surface area contributed by atoms with E-state index >= 15 is 0 Å². The number of ketones is 1. The maximum absolute atomic E-state index is 11.5. The molecule has 0 aliphatic heterocycles. The number of aliphatic hydroxyl groups excluding tert-OH is 1. The van der Waals surface area contributed by atoms with Gasteiger partial charge in [0.2, 0.25) is 0 Å². The van der Waals surface area contributed by atoms with Crippen LogP contribution in [-0.4, -0.2) is 46.4 Å². The van der Waals surface area contributed by atoms with Gasteiger partial charge in [0.1, 0.15) is 22.3 Å². The predicted octanol–water partition coefficient (Wildman–Crippen LogP) is 4.36. The number of rotatable bonds is 8. The van der Waals surface area contributed by atoms with E-state index in [-0.39, 0.29) is 12.4 Å². The number of methoxy groups -OCH3 is 1. The van der Waals surface area contributed by atoms with Gasteiger partial charge in [0, 0.05) is 21.6 Å². The first-order chi connectivity index (χ1) is 13.8. The van der Waals surface area contributed by atoms with E-state index in [1.807, 2.05) is 6.92 Å². The Morgan fingerprint density at radius 1 is 1.24 bits per heavy atom. The third-order valence-electron chi connectivity index (χ3n) is 4.52. The van der Waals surface area contributed by atoms with E-state index in [1.165, 1.54) is 36.2 Å². The van der Waals surface area contributed by atoms with Gasteiger partial charge >= 0.3 is 0 Å². The van der Waals surface area contributed by atoms with Crippen molar-refractivity contribution < 1.29 is 19.4 Å². The van der Waals surface area contributed by atoms with E-state index in [0.29, 0.717) is 22.8 Å². The molecule has 1 atom stereocenters. The average Bonchev–Trinajstić information content (AvgIpc) is 2.97. The standard InChI is InChI=1S/C21H24N2O4S2/c1-11-13(3)29-21-19(11)20(22-14(4)23-21)28-10-16(25)9-27-17-7-6-15(12(2)24)8-18(17)26-5/h6-8,16,25H,9-10H2,1-5H3. The zero-order valence-electron chi connectivity index (χ0n) is 17.1. The van der Waals surface area contributed by atoms with Gasteiger partial charge in [-0.25, -0.2) is 9.97 Å². The van der Waals surface area contributed by atoms with Crippen LogP contribution in [0.5, 0.6) is 11.5 Å². The summed E-state index contributed by atoms with van der Waals surface area (Å²) in [6, 6.07) is 5.01. The van der Waals surface area contributed by atoms with E-state index in [4.69, 9.17) is 9.47 Å². The summed E-state index contributed by atoms with van der Waals surface area (Å²) in [5.41, 5.74) is 1.74. The highest BCUT2D eigenvalue weighted by Crippen LogP contribution is 2.35. The second-order valence-corrected chi connectivity index (χ2v) is 8.95. The first-order valence-corrected chi connectivity index (χ1v) is 11.0. The van der Waals surface area contributed by atoms with Gasteiger partial charge < -0.3 is 14.6 Å². The molecule has 2 heterocycles. The van der Waals surface area contributed by atoms with E-state index in [0.717, 1.165) is 21.1 Å². The number of Topliss-reactive ketones (excluding diaryl/α,β-unsaturated/α-hetero) is 1. The smallest absolute Gasteiger partial charge is 0.161 e. The van der Waals surface area contributed by atoms with Crippen LogP contribution >= 0.6 is 23.1 Å². The summed E-state index contributed by atoms with van der Waals surface area (Å²) >= 11 is 3.17. The molecule has 0 saturated heterocycles. The Balaban J connectivity index is 1.66. The summed E-state index contributed by atoms with van der Waals surface area (Å²) in [5.74, 6) is 2.08. The molecule has 0 bridgehead atoms. The van der Waals surface area contributed by atoms with E-state index in [1.54, 1.807) is 29.5 Å². The van der Waals surface area contributed by atoms with Crippen LogP contribution in [0.3, 0.4) is 0 Å². The molecule has 154 valence electrons. The van der Waals surface area contributed by atoms with Gasteiger partial charge in [-0.15, -0.1) is 23.1 Å². The fourth-order valence-electron chi connectivity index (χ4n) is 2.83. The van der Waals surface area contributed by atoms with Crippen molar-refractivity contribution in [3.05, 3.63) is 40.0 Å². The molecule has 1 N–H and O–H groups in total. The van der Waals surface area contributed by atoms with Crippen molar-refractivity contribution in [1.82, 2.24) is 9.97 Å². The number of thioether (sulfide) groups is 1. The molecule has 0 saturated carbocycles. The lowest BCUT2D eigenvalue weighted by molar-refractivity contribution is 0.101. The number of nitrogens with zero attached hydrogens (tertiary/aromatic N) is 2. The van der Waals surface area contributed by atoms with Crippen molar-refractivity contribution in [3.63, 3.8) is 0 Å². The van der Waals surface area contributed by atoms with Crippen LogP contribution in [0.1, 0.15) is 33.5 Å². The largest absolute Gasteiger partial charge is 0.493 e. The second kappa shape index (κ2) is 9.11. The number of hydrogen-bond acceptors (Lipinski definition) is 8. The Labute approximate surface area is 178 Å². The van der Waals surface area contributed by atoms with Crippen molar-refractivity contribution in [2.75, 3.05) is 19.5 Å². The highest BCUT2D eigenvalue weighted by molar-refractivity contribution is 7.99. The maximum Gasteiger partial charge on any atom is 0.161 e. The van der Waals surface area contributed by atoms with Crippen LogP contribution < -0.4 is 9.47 Å². The molecule has 6 nitrogen and oxygen atoms in total. The maximum atomic E-state index is 11.5. The number of thiophene rings is 1.